The predicted molar refractivity (Wildman–Crippen MR) is 93.0 cm³/mol. The zero-order valence-electron chi connectivity index (χ0n) is 12.8. The van der Waals surface area contributed by atoms with Gasteiger partial charge in [-0.25, -0.2) is 14.4 Å². The summed E-state index contributed by atoms with van der Waals surface area (Å²) < 4.78 is 13.3. The summed E-state index contributed by atoms with van der Waals surface area (Å²) in [6, 6.07) is 8.91. The Kier molecular flexibility index (Phi) is 3.90. The van der Waals surface area contributed by atoms with E-state index in [0.29, 0.717) is 5.65 Å². The van der Waals surface area contributed by atoms with Crippen molar-refractivity contribution >= 4 is 34.3 Å². The number of fused-ring (bicyclic) bond motifs is 1. The molecule has 0 radical (unpaired) electrons. The maximum Gasteiger partial charge on any atom is 0.180 e. The van der Waals surface area contributed by atoms with Gasteiger partial charge < -0.3 is 10.2 Å². The van der Waals surface area contributed by atoms with Gasteiger partial charge in [0, 0.05) is 37.2 Å². The highest BCUT2D eigenvalue weighted by atomic mass is 35.5. The van der Waals surface area contributed by atoms with Crippen LogP contribution >= 0.6 is 11.6 Å². The van der Waals surface area contributed by atoms with Gasteiger partial charge in [-0.2, -0.15) is 0 Å². The molecule has 3 heterocycles. The minimum atomic E-state index is -0.393. The first-order valence-electron chi connectivity index (χ1n) is 7.73. The van der Waals surface area contributed by atoms with Gasteiger partial charge >= 0.3 is 0 Å². The molecule has 1 N–H and O–H groups in total. The van der Waals surface area contributed by atoms with Gasteiger partial charge in [-0.1, -0.05) is 11.6 Å². The molecule has 5 nitrogen and oxygen atoms in total. The molecule has 1 atom stereocenters. The lowest BCUT2D eigenvalue weighted by Crippen LogP contribution is -2.26. The molecule has 1 aliphatic heterocycles. The molecule has 24 heavy (non-hydrogen) atoms. The highest BCUT2D eigenvalue weighted by Crippen LogP contribution is 2.26. The van der Waals surface area contributed by atoms with Crippen LogP contribution in [0.2, 0.25) is 5.02 Å². The lowest BCUT2D eigenvalue weighted by Gasteiger charge is -2.19. The number of hydrogen-bond acceptors (Lipinski definition) is 5. The molecule has 0 saturated carbocycles. The van der Waals surface area contributed by atoms with Crippen LogP contribution in [-0.4, -0.2) is 34.1 Å². The number of nitrogens with zero attached hydrogens (tertiary/aromatic N) is 4. The maximum absolute atomic E-state index is 13.3. The van der Waals surface area contributed by atoms with Gasteiger partial charge in [0.1, 0.15) is 17.2 Å². The Morgan fingerprint density at radius 1 is 1.17 bits per heavy atom. The number of rotatable bonds is 3. The van der Waals surface area contributed by atoms with Crippen LogP contribution in [-0.2, 0) is 0 Å². The molecule has 0 amide bonds. The average molecular weight is 344 g/mol. The molecule has 0 spiro atoms. The molecule has 1 saturated heterocycles. The summed E-state index contributed by atoms with van der Waals surface area (Å²) in [5.41, 5.74) is 2.34. The van der Waals surface area contributed by atoms with Crippen LogP contribution in [0.3, 0.4) is 0 Å². The van der Waals surface area contributed by atoms with E-state index >= 15 is 0 Å². The quantitative estimate of drug-likeness (QED) is 0.788. The highest BCUT2D eigenvalue weighted by Gasteiger charge is 2.23. The molecular formula is C17H15ClFN5. The Hall–Kier alpha value is -2.47. The van der Waals surface area contributed by atoms with Gasteiger partial charge in [-0.05, 0) is 36.8 Å². The fourth-order valence-electron chi connectivity index (χ4n) is 2.94. The second kappa shape index (κ2) is 6.20. The van der Waals surface area contributed by atoms with Crippen LogP contribution in [0.4, 0.5) is 15.9 Å². The van der Waals surface area contributed by atoms with Gasteiger partial charge in [0.2, 0.25) is 0 Å². The van der Waals surface area contributed by atoms with Crippen molar-refractivity contribution in [2.75, 3.05) is 23.3 Å². The van der Waals surface area contributed by atoms with Crippen molar-refractivity contribution in [3.8, 4) is 0 Å². The van der Waals surface area contributed by atoms with E-state index in [9.17, 15) is 4.39 Å². The Balaban J connectivity index is 1.47. The first-order chi connectivity index (χ1) is 11.7. The second-order valence-corrected chi connectivity index (χ2v) is 6.18. The van der Waals surface area contributed by atoms with Gasteiger partial charge in [0.15, 0.2) is 5.65 Å². The average Bonchev–Trinajstić information content (AvgIpc) is 3.06. The Labute approximate surface area is 143 Å². The molecule has 1 aromatic carbocycles. The summed E-state index contributed by atoms with van der Waals surface area (Å²) in [6.07, 6.45) is 4.25. The first-order valence-corrected chi connectivity index (χ1v) is 8.11. The van der Waals surface area contributed by atoms with Crippen molar-refractivity contribution in [3.05, 3.63) is 53.6 Å². The van der Waals surface area contributed by atoms with E-state index in [1.54, 1.807) is 24.5 Å². The number of hydrogen-bond donors (Lipinski definition) is 1. The molecule has 1 aliphatic rings. The van der Waals surface area contributed by atoms with Crippen LogP contribution in [0.15, 0.2) is 42.7 Å². The predicted octanol–water partition coefficient (Wildman–Crippen LogP) is 3.51. The molecule has 7 heteroatoms. The van der Waals surface area contributed by atoms with E-state index in [0.717, 1.165) is 36.5 Å². The fraction of sp³-hybridized carbons (Fsp3) is 0.235. The minimum Gasteiger partial charge on any atom is -0.369 e. The minimum absolute atomic E-state index is 0.152. The molecule has 3 aromatic rings. The number of benzene rings is 1. The molecule has 1 fully saturated rings. The smallest absolute Gasteiger partial charge is 0.180 e. The summed E-state index contributed by atoms with van der Waals surface area (Å²) in [6.45, 7) is 1.69. The van der Waals surface area contributed by atoms with E-state index in [1.807, 2.05) is 12.1 Å². The SMILES string of the molecule is Fc1ccc(N2CCC(Nc3ccc4nccnc4n3)C2)cc1Cl. The van der Waals surface area contributed by atoms with E-state index in [2.05, 4.69) is 25.2 Å². The van der Waals surface area contributed by atoms with Crippen molar-refractivity contribution in [1.29, 1.82) is 0 Å². The third-order valence-electron chi connectivity index (χ3n) is 4.14. The molecule has 0 aliphatic carbocycles. The number of nitrogens with one attached hydrogen (secondary N) is 1. The summed E-state index contributed by atoms with van der Waals surface area (Å²) in [7, 11) is 0. The highest BCUT2D eigenvalue weighted by molar-refractivity contribution is 6.31. The fourth-order valence-corrected chi connectivity index (χ4v) is 3.11. The van der Waals surface area contributed by atoms with E-state index in [1.165, 1.54) is 6.07 Å². The van der Waals surface area contributed by atoms with E-state index in [-0.39, 0.29) is 11.1 Å². The van der Waals surface area contributed by atoms with Crippen molar-refractivity contribution in [2.24, 2.45) is 0 Å². The Bertz CT molecular complexity index is 888. The van der Waals surface area contributed by atoms with Crippen molar-refractivity contribution in [2.45, 2.75) is 12.5 Å². The zero-order valence-corrected chi connectivity index (χ0v) is 13.5. The van der Waals surface area contributed by atoms with Gasteiger partial charge in [-0.3, -0.25) is 4.98 Å². The summed E-state index contributed by atoms with van der Waals surface area (Å²) in [5, 5.41) is 3.58. The molecule has 4 rings (SSSR count). The van der Waals surface area contributed by atoms with Gasteiger partial charge in [0.25, 0.3) is 0 Å². The zero-order chi connectivity index (χ0) is 16.5. The van der Waals surface area contributed by atoms with E-state index in [4.69, 9.17) is 11.6 Å². The number of pyridine rings is 1. The van der Waals surface area contributed by atoms with Crippen molar-refractivity contribution in [1.82, 2.24) is 15.0 Å². The molecule has 1 unspecified atom stereocenters. The topological polar surface area (TPSA) is 53.9 Å². The largest absolute Gasteiger partial charge is 0.369 e. The third kappa shape index (κ3) is 2.97. The standard InChI is InChI=1S/C17H15ClFN5/c18-13-9-12(1-2-14(13)19)24-8-5-11(10-24)22-16-4-3-15-17(23-16)21-7-6-20-15/h1-4,6-7,9,11H,5,8,10H2,(H,21,22,23). The first kappa shape index (κ1) is 15.1. The Morgan fingerprint density at radius 2 is 2.04 bits per heavy atom. The molecule has 122 valence electrons. The number of halogens is 2. The van der Waals surface area contributed by atoms with E-state index < -0.39 is 5.82 Å². The van der Waals surface area contributed by atoms with Gasteiger partial charge in [0.05, 0.1) is 5.02 Å². The molecule has 2 aromatic heterocycles. The monoisotopic (exact) mass is 343 g/mol. The van der Waals surface area contributed by atoms with Crippen molar-refractivity contribution in [3.63, 3.8) is 0 Å². The second-order valence-electron chi connectivity index (χ2n) is 5.77. The summed E-state index contributed by atoms with van der Waals surface area (Å²) >= 11 is 5.87. The van der Waals surface area contributed by atoms with Crippen LogP contribution in [0.1, 0.15) is 6.42 Å². The summed E-state index contributed by atoms with van der Waals surface area (Å²) in [4.78, 5) is 15.1. The Morgan fingerprint density at radius 3 is 2.92 bits per heavy atom. The lowest BCUT2D eigenvalue weighted by atomic mass is 10.2. The van der Waals surface area contributed by atoms with Crippen molar-refractivity contribution < 1.29 is 4.39 Å². The molecular weight excluding hydrogens is 329 g/mol. The van der Waals surface area contributed by atoms with Crippen LogP contribution in [0.5, 0.6) is 0 Å². The van der Waals surface area contributed by atoms with Crippen LogP contribution in [0.25, 0.3) is 11.2 Å². The third-order valence-corrected chi connectivity index (χ3v) is 4.43. The molecule has 0 bridgehead atoms. The summed E-state index contributed by atoms with van der Waals surface area (Å²) in [5.74, 6) is 0.391. The normalized spacial score (nSPS) is 17.4. The number of aromatic nitrogens is 3. The van der Waals surface area contributed by atoms with Crippen LogP contribution < -0.4 is 10.2 Å². The lowest BCUT2D eigenvalue weighted by molar-refractivity contribution is 0.628. The van der Waals surface area contributed by atoms with Gasteiger partial charge in [-0.15, -0.1) is 0 Å². The maximum atomic E-state index is 13.3. The van der Waals surface area contributed by atoms with Crippen LogP contribution in [0, 0.1) is 5.82 Å². The number of anilines is 2.